The molecule has 24 heavy (non-hydrogen) atoms. The fourth-order valence-electron chi connectivity index (χ4n) is 2.51. The van der Waals surface area contributed by atoms with Crippen molar-refractivity contribution in [3.63, 3.8) is 0 Å². The van der Waals surface area contributed by atoms with Crippen LogP contribution < -0.4 is 10.1 Å². The van der Waals surface area contributed by atoms with Gasteiger partial charge in [0.1, 0.15) is 5.75 Å². The monoisotopic (exact) mass is 347 g/mol. The zero-order chi connectivity index (χ0) is 17.8. The van der Waals surface area contributed by atoms with Gasteiger partial charge < -0.3 is 19.9 Å². The number of carbonyl (C=O) groups excluding carboxylic acids is 1. The van der Waals surface area contributed by atoms with Crippen molar-refractivity contribution in [1.29, 1.82) is 0 Å². The molecule has 0 spiro atoms. The highest BCUT2D eigenvalue weighted by molar-refractivity contribution is 5.80. The molecule has 1 aliphatic rings. The summed E-state index contributed by atoms with van der Waals surface area (Å²) in [6.45, 7) is 0.473. The molecule has 9 heteroatoms. The number of alkyl halides is 3. The Morgan fingerprint density at radius 3 is 2.46 bits per heavy atom. The largest absolute Gasteiger partial charge is 0.573 e. The normalized spacial score (nSPS) is 20.6. The summed E-state index contributed by atoms with van der Waals surface area (Å²) < 4.78 is 45.2. The Bertz CT molecular complexity index is 594. The number of hydrogen-bond donors (Lipinski definition) is 2. The van der Waals surface area contributed by atoms with E-state index in [-0.39, 0.29) is 25.2 Å². The van der Waals surface area contributed by atoms with Crippen LogP contribution in [0.5, 0.6) is 5.75 Å². The van der Waals surface area contributed by atoms with Crippen molar-refractivity contribution in [2.24, 2.45) is 0 Å². The van der Waals surface area contributed by atoms with E-state index in [1.165, 1.54) is 12.1 Å². The highest BCUT2D eigenvalue weighted by Gasteiger charge is 2.38. The SMILES string of the molecule is O=C(O)CC1(NC(=O)Cc2ccc(OC(F)(F)F)cc2)CCOC1. The van der Waals surface area contributed by atoms with Gasteiger partial charge in [-0.3, -0.25) is 9.59 Å². The van der Waals surface area contributed by atoms with E-state index >= 15 is 0 Å². The Kier molecular flexibility index (Phi) is 5.33. The number of benzene rings is 1. The maximum atomic E-state index is 12.1. The molecule has 1 amide bonds. The second-order valence-electron chi connectivity index (χ2n) is 5.57. The quantitative estimate of drug-likeness (QED) is 0.821. The number of carbonyl (C=O) groups is 2. The van der Waals surface area contributed by atoms with Gasteiger partial charge in [-0.2, -0.15) is 0 Å². The van der Waals surface area contributed by atoms with Crippen LogP contribution >= 0.6 is 0 Å². The van der Waals surface area contributed by atoms with E-state index in [0.717, 1.165) is 12.1 Å². The fourth-order valence-corrected chi connectivity index (χ4v) is 2.51. The first-order chi connectivity index (χ1) is 11.2. The number of carboxylic acid groups (broad SMARTS) is 1. The zero-order valence-electron chi connectivity index (χ0n) is 12.6. The summed E-state index contributed by atoms with van der Waals surface area (Å²) in [6, 6.07) is 4.91. The van der Waals surface area contributed by atoms with Gasteiger partial charge in [-0.05, 0) is 24.1 Å². The minimum absolute atomic E-state index is 0.0896. The number of carboxylic acids is 1. The van der Waals surface area contributed by atoms with Crippen LogP contribution in [-0.4, -0.2) is 42.1 Å². The third kappa shape index (κ3) is 5.41. The van der Waals surface area contributed by atoms with E-state index in [2.05, 4.69) is 10.1 Å². The van der Waals surface area contributed by atoms with Crippen molar-refractivity contribution in [3.8, 4) is 5.75 Å². The van der Waals surface area contributed by atoms with E-state index in [1.54, 1.807) is 0 Å². The summed E-state index contributed by atoms with van der Waals surface area (Å²) in [7, 11) is 0. The van der Waals surface area contributed by atoms with Crippen LogP contribution in [0.4, 0.5) is 13.2 Å². The summed E-state index contributed by atoms with van der Waals surface area (Å²) in [5, 5.41) is 11.6. The molecule has 0 radical (unpaired) electrons. The number of nitrogens with one attached hydrogen (secondary N) is 1. The van der Waals surface area contributed by atoms with Gasteiger partial charge in [0, 0.05) is 6.61 Å². The van der Waals surface area contributed by atoms with E-state index in [0.29, 0.717) is 18.6 Å². The minimum atomic E-state index is -4.77. The molecule has 0 bridgehead atoms. The molecular formula is C15H16F3NO5. The molecule has 132 valence electrons. The van der Waals surface area contributed by atoms with Gasteiger partial charge in [-0.1, -0.05) is 12.1 Å². The Balaban J connectivity index is 1.95. The van der Waals surface area contributed by atoms with Gasteiger partial charge in [-0.25, -0.2) is 0 Å². The highest BCUT2D eigenvalue weighted by Crippen LogP contribution is 2.24. The van der Waals surface area contributed by atoms with Gasteiger partial charge in [0.15, 0.2) is 0 Å². The molecule has 1 aliphatic heterocycles. The number of ether oxygens (including phenoxy) is 2. The molecule has 1 heterocycles. The van der Waals surface area contributed by atoms with E-state index in [9.17, 15) is 22.8 Å². The molecule has 2 N–H and O–H groups in total. The standard InChI is InChI=1S/C15H16F3NO5/c16-15(17,18)24-11-3-1-10(2-4-11)7-12(20)19-14(8-13(21)22)5-6-23-9-14/h1-4H,5-9H2,(H,19,20)(H,21,22). The second kappa shape index (κ2) is 7.08. The van der Waals surface area contributed by atoms with Gasteiger partial charge in [0.25, 0.3) is 0 Å². The highest BCUT2D eigenvalue weighted by atomic mass is 19.4. The van der Waals surface area contributed by atoms with Crippen molar-refractivity contribution >= 4 is 11.9 Å². The van der Waals surface area contributed by atoms with Crippen LogP contribution in [0.15, 0.2) is 24.3 Å². The Morgan fingerprint density at radius 1 is 1.29 bits per heavy atom. The van der Waals surface area contributed by atoms with E-state index in [1.807, 2.05) is 0 Å². The predicted octanol–water partition coefficient (Wildman–Crippen LogP) is 1.88. The zero-order valence-corrected chi connectivity index (χ0v) is 12.6. The fraction of sp³-hybridized carbons (Fsp3) is 0.467. The van der Waals surface area contributed by atoms with Crippen LogP contribution in [0.1, 0.15) is 18.4 Å². The van der Waals surface area contributed by atoms with Crippen LogP contribution in [0.2, 0.25) is 0 Å². The Labute approximate surface area is 135 Å². The molecule has 6 nitrogen and oxygen atoms in total. The summed E-state index contributed by atoms with van der Waals surface area (Å²) in [5.41, 5.74) is -0.464. The van der Waals surface area contributed by atoms with Gasteiger partial charge >= 0.3 is 12.3 Å². The smallest absolute Gasteiger partial charge is 0.481 e. The molecule has 0 saturated carbocycles. The lowest BCUT2D eigenvalue weighted by atomic mass is 9.94. The van der Waals surface area contributed by atoms with Crippen LogP contribution in [0.3, 0.4) is 0 Å². The average molecular weight is 347 g/mol. The number of aliphatic carboxylic acids is 1. The first-order valence-corrected chi connectivity index (χ1v) is 7.13. The van der Waals surface area contributed by atoms with Gasteiger partial charge in [0.2, 0.25) is 5.91 Å². The van der Waals surface area contributed by atoms with Crippen molar-refractivity contribution in [1.82, 2.24) is 5.32 Å². The van der Waals surface area contributed by atoms with Crippen molar-refractivity contribution < 1.29 is 37.3 Å². The first-order valence-electron chi connectivity index (χ1n) is 7.13. The lowest BCUT2D eigenvalue weighted by Gasteiger charge is -2.27. The summed E-state index contributed by atoms with van der Waals surface area (Å²) in [5.74, 6) is -1.85. The molecular weight excluding hydrogens is 331 g/mol. The lowest BCUT2D eigenvalue weighted by molar-refractivity contribution is -0.274. The minimum Gasteiger partial charge on any atom is -0.481 e. The van der Waals surface area contributed by atoms with Gasteiger partial charge in [-0.15, -0.1) is 13.2 Å². The number of hydrogen-bond acceptors (Lipinski definition) is 4. The molecule has 1 saturated heterocycles. The first kappa shape index (κ1) is 18.1. The topological polar surface area (TPSA) is 84.9 Å². The third-order valence-electron chi connectivity index (χ3n) is 3.52. The number of halogens is 3. The predicted molar refractivity (Wildman–Crippen MR) is 75.4 cm³/mol. The molecule has 1 aromatic carbocycles. The van der Waals surface area contributed by atoms with E-state index in [4.69, 9.17) is 9.84 Å². The van der Waals surface area contributed by atoms with Crippen LogP contribution in [0.25, 0.3) is 0 Å². The number of rotatable bonds is 6. The molecule has 1 unspecified atom stereocenters. The molecule has 1 aromatic rings. The summed E-state index contributed by atoms with van der Waals surface area (Å²) in [6.07, 6.45) is -4.72. The number of amides is 1. The maximum Gasteiger partial charge on any atom is 0.573 e. The molecule has 0 aliphatic carbocycles. The Morgan fingerprint density at radius 2 is 1.96 bits per heavy atom. The average Bonchev–Trinajstić information content (AvgIpc) is 2.86. The summed E-state index contributed by atoms with van der Waals surface area (Å²) >= 11 is 0. The molecule has 1 atom stereocenters. The third-order valence-corrected chi connectivity index (χ3v) is 3.52. The maximum absolute atomic E-state index is 12.1. The van der Waals surface area contributed by atoms with E-state index < -0.39 is 23.8 Å². The Hall–Kier alpha value is -2.29. The van der Waals surface area contributed by atoms with Gasteiger partial charge in [0.05, 0.1) is 25.0 Å². The van der Waals surface area contributed by atoms with Crippen LogP contribution in [0, 0.1) is 0 Å². The molecule has 2 rings (SSSR count). The molecule has 1 fully saturated rings. The van der Waals surface area contributed by atoms with Crippen molar-refractivity contribution in [3.05, 3.63) is 29.8 Å². The second-order valence-corrected chi connectivity index (χ2v) is 5.57. The summed E-state index contributed by atoms with van der Waals surface area (Å²) in [4.78, 5) is 23.0. The van der Waals surface area contributed by atoms with Crippen molar-refractivity contribution in [2.75, 3.05) is 13.2 Å². The lowest BCUT2D eigenvalue weighted by Crippen LogP contribution is -2.51. The molecule has 0 aromatic heterocycles. The van der Waals surface area contributed by atoms with Crippen molar-refractivity contribution in [2.45, 2.75) is 31.2 Å². The van der Waals surface area contributed by atoms with Crippen LogP contribution in [-0.2, 0) is 20.7 Å².